The van der Waals surface area contributed by atoms with Gasteiger partial charge in [0.1, 0.15) is 17.6 Å². The smallest absolute Gasteiger partial charge is 0.195 e. The Kier molecular flexibility index (Phi) is 6.72. The summed E-state index contributed by atoms with van der Waals surface area (Å²) < 4.78 is 18.1. The maximum atomic E-state index is 6.38. The number of furan rings is 1. The van der Waals surface area contributed by atoms with Crippen molar-refractivity contribution in [1.29, 1.82) is 0 Å². The van der Waals surface area contributed by atoms with Crippen molar-refractivity contribution in [2.45, 2.75) is 71.6 Å². The summed E-state index contributed by atoms with van der Waals surface area (Å²) in [6.07, 6.45) is 3.99. The topological polar surface area (TPSA) is 85.5 Å². The van der Waals surface area contributed by atoms with E-state index >= 15 is 0 Å². The molecule has 1 fully saturated rings. The SMILES string of the molecule is CNc1nc(CO[Si](C)(C)C(C)(C)C)nc2c(-c3ccc(N4C[C@@H](C)O[C@@H](C)C4)nc3)coc12. The molecule has 2 atom stereocenters. The lowest BCUT2D eigenvalue weighted by molar-refractivity contribution is -0.00545. The summed E-state index contributed by atoms with van der Waals surface area (Å²) in [7, 11) is -0.0880. The molecule has 0 amide bonds. The van der Waals surface area contributed by atoms with E-state index in [1.54, 1.807) is 6.26 Å². The maximum Gasteiger partial charge on any atom is 0.195 e. The molecule has 3 aromatic rings. The summed E-state index contributed by atoms with van der Waals surface area (Å²) in [5.41, 5.74) is 3.24. The molecule has 8 nitrogen and oxygen atoms in total. The number of pyridine rings is 1. The van der Waals surface area contributed by atoms with E-state index in [0.717, 1.165) is 35.6 Å². The van der Waals surface area contributed by atoms with E-state index in [-0.39, 0.29) is 17.2 Å². The molecule has 0 aliphatic carbocycles. The second-order valence-electron chi connectivity index (χ2n) is 10.7. The summed E-state index contributed by atoms with van der Waals surface area (Å²) in [5, 5.41) is 3.26. The van der Waals surface area contributed by atoms with E-state index in [1.807, 2.05) is 13.2 Å². The molecule has 1 saturated heterocycles. The highest BCUT2D eigenvalue weighted by Crippen LogP contribution is 2.37. The summed E-state index contributed by atoms with van der Waals surface area (Å²) in [4.78, 5) is 16.5. The molecule has 184 valence electrons. The van der Waals surface area contributed by atoms with Gasteiger partial charge in [0.15, 0.2) is 25.5 Å². The number of nitrogens with zero attached hydrogens (tertiary/aromatic N) is 4. The summed E-state index contributed by atoms with van der Waals surface area (Å²) in [5.74, 6) is 2.25. The normalized spacial score (nSPS) is 19.6. The number of hydrogen-bond donors (Lipinski definition) is 1. The van der Waals surface area contributed by atoms with Crippen molar-refractivity contribution in [1.82, 2.24) is 15.0 Å². The van der Waals surface area contributed by atoms with Gasteiger partial charge >= 0.3 is 0 Å². The van der Waals surface area contributed by atoms with Crippen molar-refractivity contribution < 1.29 is 13.6 Å². The molecule has 0 radical (unpaired) electrons. The van der Waals surface area contributed by atoms with Gasteiger partial charge in [0.25, 0.3) is 0 Å². The first-order valence-corrected chi connectivity index (χ1v) is 14.9. The molecule has 3 aromatic heterocycles. The third kappa shape index (κ3) is 4.96. The third-order valence-electron chi connectivity index (χ3n) is 6.87. The van der Waals surface area contributed by atoms with E-state index in [2.05, 4.69) is 75.0 Å². The van der Waals surface area contributed by atoms with Gasteiger partial charge in [-0.2, -0.15) is 0 Å². The molecule has 4 heterocycles. The first-order valence-electron chi connectivity index (χ1n) is 11.9. The second-order valence-corrected chi connectivity index (χ2v) is 15.5. The van der Waals surface area contributed by atoms with Crippen molar-refractivity contribution in [3.63, 3.8) is 0 Å². The Morgan fingerprint density at radius 3 is 2.44 bits per heavy atom. The van der Waals surface area contributed by atoms with Crippen LogP contribution >= 0.6 is 0 Å². The average molecular weight is 484 g/mol. The molecule has 1 N–H and O–H groups in total. The summed E-state index contributed by atoms with van der Waals surface area (Å²) in [6.45, 7) is 17.4. The van der Waals surface area contributed by atoms with Crippen LogP contribution in [0.25, 0.3) is 22.2 Å². The molecule has 1 aliphatic heterocycles. The highest BCUT2D eigenvalue weighted by atomic mass is 28.4. The van der Waals surface area contributed by atoms with Gasteiger partial charge < -0.3 is 23.8 Å². The molecule has 0 spiro atoms. The van der Waals surface area contributed by atoms with Crippen molar-refractivity contribution >= 4 is 31.1 Å². The van der Waals surface area contributed by atoms with Crippen LogP contribution < -0.4 is 10.2 Å². The summed E-state index contributed by atoms with van der Waals surface area (Å²) >= 11 is 0. The van der Waals surface area contributed by atoms with Gasteiger partial charge in [-0.15, -0.1) is 0 Å². The number of anilines is 2. The van der Waals surface area contributed by atoms with Gasteiger partial charge in [0, 0.05) is 37.5 Å². The predicted molar refractivity (Wildman–Crippen MR) is 139 cm³/mol. The Hall–Kier alpha value is -2.49. The number of fused-ring (bicyclic) bond motifs is 1. The van der Waals surface area contributed by atoms with Gasteiger partial charge in [-0.3, -0.25) is 0 Å². The predicted octanol–water partition coefficient (Wildman–Crippen LogP) is 5.46. The lowest BCUT2D eigenvalue weighted by atomic mass is 10.1. The Morgan fingerprint density at radius 1 is 1.15 bits per heavy atom. The number of ether oxygens (including phenoxy) is 1. The van der Waals surface area contributed by atoms with Crippen LogP contribution in [-0.4, -0.2) is 55.6 Å². The summed E-state index contributed by atoms with van der Waals surface area (Å²) in [6, 6.07) is 4.13. The van der Waals surface area contributed by atoms with Crippen molar-refractivity contribution in [3.8, 4) is 11.1 Å². The zero-order valence-corrected chi connectivity index (χ0v) is 22.6. The van der Waals surface area contributed by atoms with Crippen LogP contribution in [0.1, 0.15) is 40.4 Å². The monoisotopic (exact) mass is 483 g/mol. The first kappa shape index (κ1) is 24.6. The van der Waals surface area contributed by atoms with Crippen LogP contribution in [-0.2, 0) is 15.8 Å². The van der Waals surface area contributed by atoms with Crippen LogP contribution in [0.3, 0.4) is 0 Å². The first-order chi connectivity index (χ1) is 16.0. The highest BCUT2D eigenvalue weighted by Gasteiger charge is 2.37. The molecule has 4 rings (SSSR count). The Morgan fingerprint density at radius 2 is 1.85 bits per heavy atom. The van der Waals surface area contributed by atoms with Crippen molar-refractivity contribution in [2.24, 2.45) is 0 Å². The lowest BCUT2D eigenvalue weighted by Gasteiger charge is -2.36. The number of hydrogen-bond acceptors (Lipinski definition) is 8. The van der Waals surface area contributed by atoms with E-state index in [4.69, 9.17) is 23.5 Å². The van der Waals surface area contributed by atoms with Crippen molar-refractivity contribution in [3.05, 3.63) is 30.4 Å². The van der Waals surface area contributed by atoms with Gasteiger partial charge in [-0.25, -0.2) is 15.0 Å². The minimum absolute atomic E-state index is 0.118. The molecule has 34 heavy (non-hydrogen) atoms. The van der Waals surface area contributed by atoms with Crippen LogP contribution in [0.4, 0.5) is 11.6 Å². The zero-order chi connectivity index (χ0) is 24.7. The molecule has 0 aromatic carbocycles. The fourth-order valence-corrected chi connectivity index (χ4v) is 4.89. The highest BCUT2D eigenvalue weighted by molar-refractivity contribution is 6.74. The van der Waals surface area contributed by atoms with Crippen molar-refractivity contribution in [2.75, 3.05) is 30.4 Å². The van der Waals surface area contributed by atoms with Crippen LogP contribution in [0.2, 0.25) is 18.1 Å². The van der Waals surface area contributed by atoms with Gasteiger partial charge in [0.05, 0.1) is 18.8 Å². The largest absolute Gasteiger partial charge is 0.458 e. The molecule has 0 saturated carbocycles. The fourth-order valence-electron chi connectivity index (χ4n) is 3.96. The fraction of sp³-hybridized carbons (Fsp3) is 0.560. The van der Waals surface area contributed by atoms with Crippen LogP contribution in [0.15, 0.2) is 29.0 Å². The number of nitrogens with one attached hydrogen (secondary N) is 1. The van der Waals surface area contributed by atoms with Gasteiger partial charge in [-0.05, 0) is 44.1 Å². The minimum atomic E-state index is -1.92. The molecule has 9 heteroatoms. The zero-order valence-electron chi connectivity index (χ0n) is 21.6. The van der Waals surface area contributed by atoms with E-state index < -0.39 is 8.32 Å². The quantitative estimate of drug-likeness (QED) is 0.463. The maximum absolute atomic E-state index is 6.38. The Balaban J connectivity index is 1.62. The molecule has 0 bridgehead atoms. The standard InChI is InChI=1S/C25H37N5O3Si/c1-16-12-30(13-17(2)33-16)21-10-9-18(11-27-21)19-14-31-23-22(19)28-20(29-24(23)26-6)15-32-34(7,8)25(3,4)5/h9-11,14,16-17H,12-13,15H2,1-8H3,(H,26,28,29)/t16-,17+. The second kappa shape index (κ2) is 9.28. The Labute approximate surface area is 203 Å². The average Bonchev–Trinajstić information content (AvgIpc) is 3.20. The molecule has 1 aliphatic rings. The number of morpholine rings is 1. The van der Waals surface area contributed by atoms with E-state index in [9.17, 15) is 0 Å². The molecular weight excluding hydrogens is 446 g/mol. The number of aromatic nitrogens is 3. The third-order valence-corrected chi connectivity index (χ3v) is 11.3. The van der Waals surface area contributed by atoms with E-state index in [0.29, 0.717) is 23.8 Å². The van der Waals surface area contributed by atoms with Gasteiger partial charge in [-0.1, -0.05) is 20.8 Å². The van der Waals surface area contributed by atoms with E-state index in [1.165, 1.54) is 0 Å². The molecule has 0 unspecified atom stereocenters. The molecular formula is C25H37N5O3Si. The Bertz CT molecular complexity index is 1130. The van der Waals surface area contributed by atoms with Gasteiger partial charge in [0.2, 0.25) is 0 Å². The minimum Gasteiger partial charge on any atom is -0.458 e. The number of rotatable bonds is 6. The van der Waals surface area contributed by atoms with Crippen LogP contribution in [0.5, 0.6) is 0 Å². The lowest BCUT2D eigenvalue weighted by Crippen LogP contribution is -2.45. The van der Waals surface area contributed by atoms with Crippen LogP contribution in [0, 0.1) is 0 Å².